The Morgan fingerprint density at radius 2 is 1.87 bits per heavy atom. The molecule has 0 radical (unpaired) electrons. The Hall–Kier alpha value is -3.72. The highest BCUT2D eigenvalue weighted by atomic mass is 35.5. The third-order valence-corrected chi connectivity index (χ3v) is 6.71. The van der Waals surface area contributed by atoms with Crippen molar-refractivity contribution < 1.29 is 32.4 Å². The molecule has 0 aliphatic carbocycles. The molecule has 2 N–H and O–H groups in total. The van der Waals surface area contributed by atoms with Crippen LogP contribution in [0.25, 0.3) is 5.69 Å². The van der Waals surface area contributed by atoms with Gasteiger partial charge < -0.3 is 14.8 Å². The Morgan fingerprint density at radius 1 is 1.21 bits per heavy atom. The van der Waals surface area contributed by atoms with Crippen LogP contribution in [0.5, 0.6) is 5.75 Å². The van der Waals surface area contributed by atoms with Crippen LogP contribution >= 0.6 is 23.4 Å². The second-order valence-corrected chi connectivity index (χ2v) is 10.5. The van der Waals surface area contributed by atoms with Gasteiger partial charge in [-0.15, -0.1) is 5.10 Å². The molecule has 39 heavy (non-hydrogen) atoms. The number of hydrogen-bond acceptors (Lipinski definition) is 9. The summed E-state index contributed by atoms with van der Waals surface area (Å²) in [6, 6.07) is 4.32. The second-order valence-electron chi connectivity index (χ2n) is 9.05. The lowest BCUT2D eigenvalue weighted by Gasteiger charge is -2.24. The Morgan fingerprint density at radius 3 is 2.41 bits per heavy atom. The Labute approximate surface area is 228 Å². The van der Waals surface area contributed by atoms with Gasteiger partial charge in [-0.1, -0.05) is 32.4 Å². The van der Waals surface area contributed by atoms with Crippen LogP contribution in [0.1, 0.15) is 31.9 Å². The smallest absolute Gasteiger partial charge is 0.418 e. The fraction of sp³-hybridized carbons (Fsp3) is 0.348. The van der Waals surface area contributed by atoms with Gasteiger partial charge in [0.2, 0.25) is 5.16 Å². The van der Waals surface area contributed by atoms with E-state index < -0.39 is 51.7 Å². The number of benzene rings is 2. The molecule has 0 unspecified atom stereocenters. The van der Waals surface area contributed by atoms with Gasteiger partial charge in [0.25, 0.3) is 5.69 Å². The SMILES string of the molecule is COC(=O)CNc1cc(Sc2n[nH]c(=O)n2-c2cc(Cl)c(OC)cc2C(C)(C)C)c([N+](=O)[O-])cc1C(F)(F)F. The number of aromatic nitrogens is 3. The topological polar surface area (TPSA) is 141 Å². The summed E-state index contributed by atoms with van der Waals surface area (Å²) in [4.78, 5) is 34.9. The molecule has 2 aromatic carbocycles. The highest BCUT2D eigenvalue weighted by Gasteiger charge is 2.37. The fourth-order valence-electron chi connectivity index (χ4n) is 3.56. The molecule has 0 amide bonds. The molecule has 210 valence electrons. The molecule has 3 aromatic rings. The molecule has 0 aliphatic rings. The number of rotatable bonds is 8. The number of nitro groups is 1. The summed E-state index contributed by atoms with van der Waals surface area (Å²) < 4.78 is 52.0. The summed E-state index contributed by atoms with van der Waals surface area (Å²) in [5, 5.41) is 20.3. The maximum Gasteiger partial charge on any atom is 0.418 e. The van der Waals surface area contributed by atoms with Gasteiger partial charge in [0.05, 0.1) is 40.3 Å². The van der Waals surface area contributed by atoms with Gasteiger partial charge in [-0.25, -0.2) is 14.5 Å². The van der Waals surface area contributed by atoms with Crippen LogP contribution in [0.2, 0.25) is 5.02 Å². The summed E-state index contributed by atoms with van der Waals surface area (Å²) in [5.41, 5.74) is -3.22. The molecule has 16 heteroatoms. The number of aromatic amines is 1. The second kappa shape index (κ2) is 11.2. The molecule has 0 saturated heterocycles. The van der Waals surface area contributed by atoms with E-state index >= 15 is 0 Å². The van der Waals surface area contributed by atoms with Crippen molar-refractivity contribution in [2.75, 3.05) is 26.1 Å². The first-order valence-corrected chi connectivity index (χ1v) is 12.2. The number of anilines is 1. The van der Waals surface area contributed by atoms with E-state index in [9.17, 15) is 32.9 Å². The third-order valence-electron chi connectivity index (χ3n) is 5.41. The van der Waals surface area contributed by atoms with Crippen LogP contribution in [0, 0.1) is 10.1 Å². The van der Waals surface area contributed by atoms with Crippen molar-refractivity contribution in [3.05, 3.63) is 61.0 Å². The zero-order chi connectivity index (χ0) is 29.3. The minimum atomic E-state index is -4.98. The predicted octanol–water partition coefficient (Wildman–Crippen LogP) is 5.18. The third kappa shape index (κ3) is 6.47. The molecule has 11 nitrogen and oxygen atoms in total. The van der Waals surface area contributed by atoms with E-state index in [2.05, 4.69) is 20.3 Å². The first-order chi connectivity index (χ1) is 18.1. The Kier molecular flexibility index (Phi) is 8.55. The van der Waals surface area contributed by atoms with Gasteiger partial charge in [0.15, 0.2) is 0 Å². The number of nitro benzene ring substituents is 1. The number of H-pyrrole nitrogens is 1. The number of nitrogens with one attached hydrogen (secondary N) is 2. The zero-order valence-corrected chi connectivity index (χ0v) is 22.8. The Bertz CT molecular complexity index is 1480. The van der Waals surface area contributed by atoms with Gasteiger partial charge in [-0.2, -0.15) is 13.2 Å². The molecule has 3 rings (SSSR count). The van der Waals surface area contributed by atoms with E-state index in [1.54, 1.807) is 6.07 Å². The lowest BCUT2D eigenvalue weighted by atomic mass is 9.85. The van der Waals surface area contributed by atoms with Crippen molar-refractivity contribution in [2.45, 2.75) is 42.4 Å². The average Bonchev–Trinajstić information content (AvgIpc) is 3.20. The number of methoxy groups -OCH3 is 2. The van der Waals surface area contributed by atoms with Crippen LogP contribution < -0.4 is 15.7 Å². The highest BCUT2D eigenvalue weighted by Crippen LogP contribution is 2.44. The minimum absolute atomic E-state index is 0.117. The monoisotopic (exact) mass is 589 g/mol. The molecule has 1 aromatic heterocycles. The van der Waals surface area contributed by atoms with E-state index in [0.29, 0.717) is 29.1 Å². The molecule has 0 fully saturated rings. The number of carbonyl (C=O) groups is 1. The largest absolute Gasteiger partial charge is 0.495 e. The molecule has 1 heterocycles. The van der Waals surface area contributed by atoms with Crippen molar-refractivity contribution in [3.8, 4) is 11.4 Å². The number of halogens is 4. The number of hydrogen-bond donors (Lipinski definition) is 2. The maximum atomic E-state index is 13.7. The Balaban J connectivity index is 2.23. The fourth-order valence-corrected chi connectivity index (χ4v) is 4.77. The first kappa shape index (κ1) is 29.8. The minimum Gasteiger partial charge on any atom is -0.495 e. The van der Waals surface area contributed by atoms with E-state index in [1.165, 1.54) is 13.2 Å². The molecule has 0 spiro atoms. The number of esters is 1. The summed E-state index contributed by atoms with van der Waals surface area (Å²) >= 11 is 6.91. The van der Waals surface area contributed by atoms with Crippen molar-refractivity contribution in [1.29, 1.82) is 0 Å². The normalized spacial score (nSPS) is 11.8. The lowest BCUT2D eigenvalue weighted by molar-refractivity contribution is -0.388. The van der Waals surface area contributed by atoms with Crippen LogP contribution in [-0.4, -0.2) is 46.4 Å². The maximum absolute atomic E-state index is 13.7. The van der Waals surface area contributed by atoms with Crippen molar-refractivity contribution in [3.63, 3.8) is 0 Å². The predicted molar refractivity (Wildman–Crippen MR) is 137 cm³/mol. The van der Waals surface area contributed by atoms with E-state index in [4.69, 9.17) is 16.3 Å². The summed E-state index contributed by atoms with van der Waals surface area (Å²) in [6.45, 7) is 4.99. The summed E-state index contributed by atoms with van der Waals surface area (Å²) in [5.74, 6) is -0.515. The molecule has 0 atom stereocenters. The van der Waals surface area contributed by atoms with Gasteiger partial charge in [0, 0.05) is 11.8 Å². The number of ether oxygens (including phenoxy) is 2. The van der Waals surface area contributed by atoms with Gasteiger partial charge in [-0.05, 0) is 40.9 Å². The van der Waals surface area contributed by atoms with Crippen molar-refractivity contribution in [1.82, 2.24) is 14.8 Å². The van der Waals surface area contributed by atoms with E-state index in [1.807, 2.05) is 20.8 Å². The lowest BCUT2D eigenvalue weighted by Crippen LogP contribution is -2.22. The molecule has 0 saturated carbocycles. The standard InChI is InChI=1S/C23H23ClF3N5O6S/c1-22(2,3)12-7-17(37-4)13(24)8-15(12)31-20(34)29-30-21(31)39-18-9-14(28-10-19(33)38-5)11(23(25,26)27)6-16(18)32(35)36/h6-9,28H,10H2,1-5H3,(H,29,34). The number of alkyl halides is 3. The summed E-state index contributed by atoms with van der Waals surface area (Å²) in [6.07, 6.45) is -4.98. The zero-order valence-electron chi connectivity index (χ0n) is 21.2. The quantitative estimate of drug-likeness (QED) is 0.206. The molecule has 0 bridgehead atoms. The van der Waals surface area contributed by atoms with Crippen molar-refractivity contribution >= 4 is 40.7 Å². The molecular weight excluding hydrogens is 567 g/mol. The van der Waals surface area contributed by atoms with Gasteiger partial charge in [-0.3, -0.25) is 14.9 Å². The number of carbonyl (C=O) groups excluding carboxylic acids is 1. The van der Waals surface area contributed by atoms with Crippen LogP contribution in [0.15, 0.2) is 39.1 Å². The van der Waals surface area contributed by atoms with Crippen LogP contribution in [0.4, 0.5) is 24.5 Å². The average molecular weight is 590 g/mol. The van der Waals surface area contributed by atoms with Gasteiger partial charge in [0.1, 0.15) is 12.3 Å². The van der Waals surface area contributed by atoms with Crippen molar-refractivity contribution in [2.24, 2.45) is 0 Å². The molecule has 0 aliphatic heterocycles. The van der Waals surface area contributed by atoms with Gasteiger partial charge >= 0.3 is 17.8 Å². The highest BCUT2D eigenvalue weighted by molar-refractivity contribution is 7.99. The van der Waals surface area contributed by atoms with E-state index in [0.717, 1.165) is 17.7 Å². The summed E-state index contributed by atoms with van der Waals surface area (Å²) in [7, 11) is 2.48. The number of nitrogens with zero attached hydrogens (tertiary/aromatic N) is 3. The van der Waals surface area contributed by atoms with Crippen LogP contribution in [0.3, 0.4) is 0 Å². The van der Waals surface area contributed by atoms with Crippen LogP contribution in [-0.2, 0) is 21.1 Å². The van der Waals surface area contributed by atoms with E-state index in [-0.39, 0.29) is 20.8 Å². The first-order valence-electron chi connectivity index (χ1n) is 11.0. The molecular formula is C23H23ClF3N5O6S.